The minimum atomic E-state index is -0.147. The van der Waals surface area contributed by atoms with Crippen molar-refractivity contribution in [3.63, 3.8) is 0 Å². The average Bonchev–Trinajstić information content (AvgIpc) is 2.36. The Hall–Kier alpha value is -2.30. The molecule has 1 N–H and O–H groups in total. The van der Waals surface area contributed by atoms with Crippen LogP contribution < -0.4 is 14.8 Å². The molecular weight excluding hydrogens is 244 g/mol. The van der Waals surface area contributed by atoms with Crippen LogP contribution in [0.15, 0.2) is 18.2 Å². The number of pyridine rings is 1. The first-order valence-corrected chi connectivity index (χ1v) is 5.86. The number of carbonyl (C=O) groups excluding carboxylic acids is 1. The molecule has 0 aliphatic heterocycles. The van der Waals surface area contributed by atoms with Gasteiger partial charge in [0.05, 0.1) is 14.2 Å². The molecule has 1 aromatic heterocycles. The molecule has 0 fully saturated rings. The van der Waals surface area contributed by atoms with Crippen LogP contribution in [0, 0.1) is 6.92 Å². The zero-order valence-corrected chi connectivity index (χ0v) is 11.4. The van der Waals surface area contributed by atoms with Crippen LogP contribution in [0.3, 0.4) is 0 Å². The molecule has 100 valence electrons. The van der Waals surface area contributed by atoms with E-state index >= 15 is 0 Å². The van der Waals surface area contributed by atoms with E-state index in [9.17, 15) is 4.79 Å². The minimum Gasteiger partial charge on any atom is -0.493 e. The van der Waals surface area contributed by atoms with Crippen LogP contribution in [0.5, 0.6) is 11.5 Å². The molecule has 1 heterocycles. The normalized spacial score (nSPS) is 10.3. The van der Waals surface area contributed by atoms with Gasteiger partial charge < -0.3 is 14.8 Å². The molecule has 2 aromatic rings. The molecular formula is C14H16N2O3. The Morgan fingerprint density at radius 2 is 1.79 bits per heavy atom. The fraction of sp³-hybridized carbons (Fsp3) is 0.286. The molecule has 5 heteroatoms. The summed E-state index contributed by atoms with van der Waals surface area (Å²) in [5.74, 6) is 1.69. The standard InChI is InChI=1S/C14H16N2O3/c1-8-11-7-13(19-4)12(18-3)5-10(11)6-14(15-8)16-9(2)17/h5-7H,1-4H3,(H,15,16,17). The lowest BCUT2D eigenvalue weighted by molar-refractivity contribution is -0.114. The lowest BCUT2D eigenvalue weighted by Crippen LogP contribution is -2.08. The van der Waals surface area contributed by atoms with Gasteiger partial charge in [0, 0.05) is 18.0 Å². The predicted octanol–water partition coefficient (Wildman–Crippen LogP) is 2.52. The smallest absolute Gasteiger partial charge is 0.222 e. The second-order valence-corrected chi connectivity index (χ2v) is 4.20. The Morgan fingerprint density at radius 1 is 1.16 bits per heavy atom. The van der Waals surface area contributed by atoms with E-state index in [0.29, 0.717) is 17.3 Å². The number of nitrogens with zero attached hydrogens (tertiary/aromatic N) is 1. The molecule has 0 atom stereocenters. The van der Waals surface area contributed by atoms with E-state index in [4.69, 9.17) is 9.47 Å². The largest absolute Gasteiger partial charge is 0.493 e. The zero-order chi connectivity index (χ0) is 14.0. The molecule has 0 radical (unpaired) electrons. The second kappa shape index (κ2) is 5.14. The van der Waals surface area contributed by atoms with Crippen LogP contribution in [-0.4, -0.2) is 25.1 Å². The first kappa shape index (κ1) is 13.1. The van der Waals surface area contributed by atoms with Crippen molar-refractivity contribution in [3.8, 4) is 11.5 Å². The van der Waals surface area contributed by atoms with E-state index in [2.05, 4.69) is 10.3 Å². The summed E-state index contributed by atoms with van der Waals surface area (Å²) in [7, 11) is 3.19. The number of hydrogen-bond donors (Lipinski definition) is 1. The number of fused-ring (bicyclic) bond motifs is 1. The van der Waals surface area contributed by atoms with Crippen LogP contribution in [0.25, 0.3) is 10.8 Å². The Morgan fingerprint density at radius 3 is 2.37 bits per heavy atom. The Labute approximate surface area is 111 Å². The number of aryl methyl sites for hydroxylation is 1. The summed E-state index contributed by atoms with van der Waals surface area (Å²) in [6.07, 6.45) is 0. The highest BCUT2D eigenvalue weighted by Crippen LogP contribution is 2.33. The number of methoxy groups -OCH3 is 2. The number of amides is 1. The minimum absolute atomic E-state index is 0.147. The quantitative estimate of drug-likeness (QED) is 0.921. The van der Waals surface area contributed by atoms with Gasteiger partial charge in [-0.15, -0.1) is 0 Å². The Kier molecular flexibility index (Phi) is 3.55. The van der Waals surface area contributed by atoms with Gasteiger partial charge in [0.2, 0.25) is 5.91 Å². The summed E-state index contributed by atoms with van der Waals surface area (Å²) < 4.78 is 10.5. The van der Waals surface area contributed by atoms with Crippen LogP contribution in [-0.2, 0) is 4.79 Å². The fourth-order valence-corrected chi connectivity index (χ4v) is 1.99. The molecule has 0 unspecified atom stereocenters. The summed E-state index contributed by atoms with van der Waals surface area (Å²) >= 11 is 0. The third kappa shape index (κ3) is 2.59. The molecule has 0 saturated heterocycles. The lowest BCUT2D eigenvalue weighted by atomic mass is 10.1. The summed E-state index contributed by atoms with van der Waals surface area (Å²) in [4.78, 5) is 15.4. The molecule has 19 heavy (non-hydrogen) atoms. The van der Waals surface area contributed by atoms with Crippen molar-refractivity contribution >= 4 is 22.5 Å². The molecule has 1 amide bonds. The van der Waals surface area contributed by atoms with E-state index in [1.165, 1.54) is 6.92 Å². The second-order valence-electron chi connectivity index (χ2n) is 4.20. The van der Waals surface area contributed by atoms with Crippen molar-refractivity contribution in [3.05, 3.63) is 23.9 Å². The zero-order valence-electron chi connectivity index (χ0n) is 11.4. The van der Waals surface area contributed by atoms with Crippen LogP contribution in [0.1, 0.15) is 12.6 Å². The first-order chi connectivity index (χ1) is 9.05. The lowest BCUT2D eigenvalue weighted by Gasteiger charge is -2.11. The van der Waals surface area contributed by atoms with Crippen molar-refractivity contribution in [1.29, 1.82) is 0 Å². The van der Waals surface area contributed by atoms with Crippen LogP contribution in [0.4, 0.5) is 5.82 Å². The Bertz CT molecular complexity index is 638. The van der Waals surface area contributed by atoms with Crippen LogP contribution in [0.2, 0.25) is 0 Å². The maximum Gasteiger partial charge on any atom is 0.222 e. The molecule has 0 saturated carbocycles. The van der Waals surface area contributed by atoms with Gasteiger partial charge in [0.15, 0.2) is 11.5 Å². The van der Waals surface area contributed by atoms with E-state index in [1.807, 2.05) is 25.1 Å². The summed E-state index contributed by atoms with van der Waals surface area (Å²) in [6, 6.07) is 5.56. The molecule has 0 spiro atoms. The van der Waals surface area contributed by atoms with E-state index < -0.39 is 0 Å². The highest BCUT2D eigenvalue weighted by Gasteiger charge is 2.10. The molecule has 0 aliphatic carbocycles. The topological polar surface area (TPSA) is 60.5 Å². The number of rotatable bonds is 3. The van der Waals surface area contributed by atoms with Crippen molar-refractivity contribution in [2.24, 2.45) is 0 Å². The van der Waals surface area contributed by atoms with Crippen LogP contribution >= 0.6 is 0 Å². The molecule has 0 aliphatic rings. The van der Waals surface area contributed by atoms with E-state index in [0.717, 1.165) is 16.5 Å². The third-order valence-electron chi connectivity index (χ3n) is 2.83. The van der Waals surface area contributed by atoms with Gasteiger partial charge in [-0.25, -0.2) is 4.98 Å². The third-order valence-corrected chi connectivity index (χ3v) is 2.83. The SMILES string of the molecule is COc1cc2cc(NC(C)=O)nc(C)c2cc1OC. The number of carbonyl (C=O) groups is 1. The maximum absolute atomic E-state index is 11.1. The number of anilines is 1. The highest BCUT2D eigenvalue weighted by atomic mass is 16.5. The number of ether oxygens (including phenoxy) is 2. The van der Waals surface area contributed by atoms with Gasteiger partial charge in [0.1, 0.15) is 5.82 Å². The summed E-state index contributed by atoms with van der Waals surface area (Å²) in [5.41, 5.74) is 0.821. The van der Waals surface area contributed by atoms with Crippen molar-refractivity contribution in [1.82, 2.24) is 4.98 Å². The fourth-order valence-electron chi connectivity index (χ4n) is 1.99. The summed E-state index contributed by atoms with van der Waals surface area (Å²) in [5, 5.41) is 4.59. The van der Waals surface area contributed by atoms with Crippen molar-refractivity contribution in [2.75, 3.05) is 19.5 Å². The molecule has 5 nitrogen and oxygen atoms in total. The monoisotopic (exact) mass is 260 g/mol. The Balaban J connectivity index is 2.63. The van der Waals surface area contributed by atoms with Gasteiger partial charge in [-0.1, -0.05) is 0 Å². The average molecular weight is 260 g/mol. The van der Waals surface area contributed by atoms with Gasteiger partial charge in [-0.3, -0.25) is 4.79 Å². The van der Waals surface area contributed by atoms with Crippen molar-refractivity contribution in [2.45, 2.75) is 13.8 Å². The number of hydrogen-bond acceptors (Lipinski definition) is 4. The van der Waals surface area contributed by atoms with E-state index in [-0.39, 0.29) is 5.91 Å². The van der Waals surface area contributed by atoms with Gasteiger partial charge >= 0.3 is 0 Å². The highest BCUT2D eigenvalue weighted by molar-refractivity contribution is 5.93. The van der Waals surface area contributed by atoms with E-state index in [1.54, 1.807) is 14.2 Å². The number of aromatic nitrogens is 1. The van der Waals surface area contributed by atoms with Gasteiger partial charge in [-0.05, 0) is 30.5 Å². The molecule has 2 rings (SSSR count). The number of benzene rings is 1. The maximum atomic E-state index is 11.1. The van der Waals surface area contributed by atoms with Gasteiger partial charge in [0.25, 0.3) is 0 Å². The summed E-state index contributed by atoms with van der Waals surface area (Å²) in [6.45, 7) is 3.34. The predicted molar refractivity (Wildman–Crippen MR) is 73.9 cm³/mol. The van der Waals surface area contributed by atoms with Gasteiger partial charge in [-0.2, -0.15) is 0 Å². The first-order valence-electron chi connectivity index (χ1n) is 5.86. The molecule has 1 aromatic carbocycles. The number of nitrogens with one attached hydrogen (secondary N) is 1. The van der Waals surface area contributed by atoms with Crippen molar-refractivity contribution < 1.29 is 14.3 Å². The molecule has 0 bridgehead atoms.